The first-order chi connectivity index (χ1) is 15.2. The van der Waals surface area contributed by atoms with E-state index in [9.17, 15) is 14.4 Å². The number of hydrogen-bond donors (Lipinski definition) is 3. The van der Waals surface area contributed by atoms with E-state index >= 15 is 0 Å². The summed E-state index contributed by atoms with van der Waals surface area (Å²) in [6, 6.07) is 5.14. The highest BCUT2D eigenvalue weighted by atomic mass is 32.1. The third kappa shape index (κ3) is 4.93. The fourth-order valence-electron chi connectivity index (χ4n) is 4.25. The van der Waals surface area contributed by atoms with Crippen LogP contribution in [0.3, 0.4) is 0 Å². The van der Waals surface area contributed by atoms with Crippen molar-refractivity contribution in [2.75, 3.05) is 10.6 Å². The van der Waals surface area contributed by atoms with Crippen LogP contribution in [0, 0.1) is 13.8 Å². The first-order valence-electron chi connectivity index (χ1n) is 11.0. The molecular formula is C23H31N5O3S. The quantitative estimate of drug-likeness (QED) is 0.559. The number of aryl methyl sites for hydroxylation is 2. The molecule has 1 aromatic carbocycles. The highest BCUT2D eigenvalue weighted by Crippen LogP contribution is 2.31. The van der Waals surface area contributed by atoms with E-state index in [1.165, 1.54) is 4.90 Å². The summed E-state index contributed by atoms with van der Waals surface area (Å²) in [5, 5.41) is 3.14. The molecular weight excluding hydrogens is 426 g/mol. The van der Waals surface area contributed by atoms with E-state index in [2.05, 4.69) is 9.69 Å². The number of carbonyl (C=O) groups is 3. The third-order valence-corrected chi connectivity index (χ3v) is 6.72. The zero-order valence-corrected chi connectivity index (χ0v) is 19.6. The average molecular weight is 458 g/mol. The number of nitrogens with two attached hydrogens (primary N) is 2. The van der Waals surface area contributed by atoms with Gasteiger partial charge in [0.15, 0.2) is 5.69 Å². The largest absolute Gasteiger partial charge is 0.395 e. The number of primary amides is 1. The molecule has 1 aliphatic carbocycles. The fraction of sp³-hybridized carbons (Fsp3) is 0.478. The lowest BCUT2D eigenvalue weighted by Gasteiger charge is -2.32. The van der Waals surface area contributed by atoms with Gasteiger partial charge in [-0.05, 0) is 56.3 Å². The Balaban J connectivity index is 2.06. The summed E-state index contributed by atoms with van der Waals surface area (Å²) < 4.78 is 3.98. The number of amides is 3. The standard InChI is InChI=1S/C23H31N5O3S/c1-4-7-17(22(30)26-15-8-5-6-9-15)28(16-11-10-13(2)12-14(16)3)23(31)20-18(24)19(21(25)29)27-32-20/h10-12,15,17H,4-9,24H2,1-3H3,(H2,25,29)(H,26,30)/t17-/m0/s1. The highest BCUT2D eigenvalue weighted by Gasteiger charge is 2.36. The van der Waals surface area contributed by atoms with Crippen LogP contribution in [0.1, 0.15) is 76.7 Å². The van der Waals surface area contributed by atoms with Crippen LogP contribution in [0.4, 0.5) is 11.4 Å². The van der Waals surface area contributed by atoms with E-state index in [0.717, 1.165) is 48.3 Å². The fourth-order valence-corrected chi connectivity index (χ4v) is 4.99. The molecule has 172 valence electrons. The smallest absolute Gasteiger partial charge is 0.272 e. The van der Waals surface area contributed by atoms with E-state index in [1.54, 1.807) is 0 Å². The number of benzene rings is 1. The second kappa shape index (κ2) is 10.1. The van der Waals surface area contributed by atoms with Crippen molar-refractivity contribution in [1.29, 1.82) is 0 Å². The van der Waals surface area contributed by atoms with Crippen LogP contribution in [0.25, 0.3) is 0 Å². The van der Waals surface area contributed by atoms with E-state index in [4.69, 9.17) is 11.5 Å². The van der Waals surface area contributed by atoms with Gasteiger partial charge in [0.1, 0.15) is 10.9 Å². The molecule has 3 amide bonds. The summed E-state index contributed by atoms with van der Waals surface area (Å²) in [4.78, 5) is 40.4. The van der Waals surface area contributed by atoms with Crippen LogP contribution in [-0.2, 0) is 4.79 Å². The predicted molar refractivity (Wildman–Crippen MR) is 127 cm³/mol. The molecule has 32 heavy (non-hydrogen) atoms. The Kier molecular flexibility index (Phi) is 7.50. The highest BCUT2D eigenvalue weighted by molar-refractivity contribution is 7.09. The second-order valence-electron chi connectivity index (χ2n) is 8.40. The number of nitrogen functional groups attached to an aromatic ring is 1. The van der Waals surface area contributed by atoms with Crippen LogP contribution in [0.2, 0.25) is 0 Å². The Bertz CT molecular complexity index is 1010. The summed E-state index contributed by atoms with van der Waals surface area (Å²) >= 11 is 0.826. The maximum absolute atomic E-state index is 13.8. The lowest BCUT2D eigenvalue weighted by atomic mass is 10.0. The molecule has 0 unspecified atom stereocenters. The monoisotopic (exact) mass is 457 g/mol. The third-order valence-electron chi connectivity index (χ3n) is 5.86. The van der Waals surface area contributed by atoms with Crippen molar-refractivity contribution in [3.63, 3.8) is 0 Å². The molecule has 0 bridgehead atoms. The Morgan fingerprint density at radius 1 is 1.25 bits per heavy atom. The molecule has 9 heteroatoms. The number of hydrogen-bond acceptors (Lipinski definition) is 6. The van der Waals surface area contributed by atoms with Crippen LogP contribution in [-0.4, -0.2) is 34.2 Å². The molecule has 8 nitrogen and oxygen atoms in total. The second-order valence-corrected chi connectivity index (χ2v) is 9.17. The summed E-state index contributed by atoms with van der Waals surface area (Å²) in [7, 11) is 0. The van der Waals surface area contributed by atoms with Gasteiger partial charge in [-0.2, -0.15) is 4.37 Å². The maximum Gasteiger partial charge on any atom is 0.272 e. The summed E-state index contributed by atoms with van der Waals surface area (Å²) in [6.45, 7) is 5.86. The molecule has 0 spiro atoms. The number of nitrogens with one attached hydrogen (secondary N) is 1. The number of aromatic nitrogens is 1. The van der Waals surface area contributed by atoms with Crippen molar-refractivity contribution in [3.8, 4) is 0 Å². The molecule has 0 radical (unpaired) electrons. The average Bonchev–Trinajstić information content (AvgIpc) is 3.38. The SMILES string of the molecule is CCC[C@@H](C(=O)NC1CCCC1)N(C(=O)c1snc(C(N)=O)c1N)c1ccc(C)cc1C. The molecule has 3 rings (SSSR count). The molecule has 1 aromatic heterocycles. The predicted octanol–water partition coefficient (Wildman–Crippen LogP) is 3.32. The van der Waals surface area contributed by atoms with Gasteiger partial charge < -0.3 is 16.8 Å². The normalized spacial score (nSPS) is 14.8. The Morgan fingerprint density at radius 2 is 1.94 bits per heavy atom. The maximum atomic E-state index is 13.8. The Hall–Kier alpha value is -2.94. The van der Waals surface area contributed by atoms with Crippen molar-refractivity contribution in [1.82, 2.24) is 9.69 Å². The van der Waals surface area contributed by atoms with Crippen LogP contribution < -0.4 is 21.7 Å². The number of rotatable bonds is 8. The Morgan fingerprint density at radius 3 is 2.50 bits per heavy atom. The van der Waals surface area contributed by atoms with Gasteiger partial charge in [-0.15, -0.1) is 0 Å². The van der Waals surface area contributed by atoms with Crippen molar-refractivity contribution in [2.45, 2.75) is 71.4 Å². The molecule has 1 aliphatic rings. The van der Waals surface area contributed by atoms with Gasteiger partial charge in [0.25, 0.3) is 11.8 Å². The zero-order valence-electron chi connectivity index (χ0n) is 18.8. The summed E-state index contributed by atoms with van der Waals surface area (Å²) in [5.74, 6) is -1.43. The Labute approximate surface area is 192 Å². The van der Waals surface area contributed by atoms with Crippen molar-refractivity contribution >= 4 is 40.6 Å². The van der Waals surface area contributed by atoms with Crippen molar-refractivity contribution in [3.05, 3.63) is 39.9 Å². The van der Waals surface area contributed by atoms with Gasteiger partial charge in [0.2, 0.25) is 5.91 Å². The lowest BCUT2D eigenvalue weighted by Crippen LogP contribution is -2.52. The molecule has 0 aliphatic heterocycles. The van der Waals surface area contributed by atoms with Crippen LogP contribution in [0.5, 0.6) is 0 Å². The number of anilines is 2. The van der Waals surface area contributed by atoms with Crippen LogP contribution >= 0.6 is 11.5 Å². The molecule has 1 heterocycles. The molecule has 2 aromatic rings. The topological polar surface area (TPSA) is 131 Å². The van der Waals surface area contributed by atoms with Gasteiger partial charge in [-0.25, -0.2) is 0 Å². The molecule has 5 N–H and O–H groups in total. The first kappa shape index (κ1) is 23.7. The van der Waals surface area contributed by atoms with Gasteiger partial charge in [-0.1, -0.05) is 43.9 Å². The summed E-state index contributed by atoms with van der Waals surface area (Å²) in [5.41, 5.74) is 13.8. The van der Waals surface area contributed by atoms with E-state index in [0.29, 0.717) is 18.5 Å². The lowest BCUT2D eigenvalue weighted by molar-refractivity contribution is -0.123. The summed E-state index contributed by atoms with van der Waals surface area (Å²) in [6.07, 6.45) is 5.28. The molecule has 1 saturated carbocycles. The molecule has 1 fully saturated rings. The minimum Gasteiger partial charge on any atom is -0.395 e. The van der Waals surface area contributed by atoms with E-state index < -0.39 is 17.9 Å². The first-order valence-corrected chi connectivity index (χ1v) is 11.8. The van der Waals surface area contributed by atoms with Gasteiger partial charge in [0.05, 0.1) is 5.69 Å². The number of carbonyl (C=O) groups excluding carboxylic acids is 3. The van der Waals surface area contributed by atoms with Gasteiger partial charge in [0, 0.05) is 11.7 Å². The van der Waals surface area contributed by atoms with E-state index in [1.807, 2.05) is 39.0 Å². The molecule has 0 saturated heterocycles. The minimum absolute atomic E-state index is 0.0475. The molecule has 1 atom stereocenters. The van der Waals surface area contributed by atoms with Crippen LogP contribution in [0.15, 0.2) is 18.2 Å². The van der Waals surface area contributed by atoms with E-state index in [-0.39, 0.29) is 28.2 Å². The number of nitrogens with zero attached hydrogens (tertiary/aromatic N) is 2. The van der Waals surface area contributed by atoms with Gasteiger partial charge >= 0.3 is 0 Å². The zero-order chi connectivity index (χ0) is 23.4. The minimum atomic E-state index is -0.792. The van der Waals surface area contributed by atoms with Crippen molar-refractivity contribution in [2.24, 2.45) is 5.73 Å². The van der Waals surface area contributed by atoms with Crippen molar-refractivity contribution < 1.29 is 14.4 Å². The van der Waals surface area contributed by atoms with Gasteiger partial charge in [-0.3, -0.25) is 19.3 Å².